The second-order valence-corrected chi connectivity index (χ2v) is 6.33. The molecule has 3 aromatic rings. The molecule has 0 atom stereocenters. The van der Waals surface area contributed by atoms with Crippen LogP contribution in [0.25, 0.3) is 0 Å². The second kappa shape index (κ2) is 9.54. The van der Waals surface area contributed by atoms with Crippen molar-refractivity contribution in [3.8, 4) is 5.75 Å². The third-order valence-electron chi connectivity index (χ3n) is 4.49. The molecule has 0 unspecified atom stereocenters. The molecule has 0 aliphatic heterocycles. The fourth-order valence-electron chi connectivity index (χ4n) is 2.89. The number of aromatic nitrogens is 2. The Bertz CT molecular complexity index is 938. The first-order valence-electron chi connectivity index (χ1n) is 9.52. The van der Waals surface area contributed by atoms with Crippen molar-refractivity contribution in [2.24, 2.45) is 0 Å². The van der Waals surface area contributed by atoms with Gasteiger partial charge < -0.3 is 20.3 Å². The van der Waals surface area contributed by atoms with Crippen LogP contribution in [0.4, 0.5) is 23.0 Å². The average Bonchev–Trinajstić information content (AvgIpc) is 2.76. The standard InChI is InChI=1S/C22H25N5O2/c1-4-27(5-2)19-11-9-17(10-12-19)26-22-23-14-16(15-24-22)21(28)25-18-7-6-8-20(13-18)29-3/h6-15H,4-5H2,1-3H3,(H,25,28)(H,23,24,26). The van der Waals surface area contributed by atoms with E-state index in [1.165, 1.54) is 18.1 Å². The Labute approximate surface area is 170 Å². The number of ether oxygens (including phenoxy) is 1. The highest BCUT2D eigenvalue weighted by atomic mass is 16.5. The van der Waals surface area contributed by atoms with Crippen molar-refractivity contribution in [1.29, 1.82) is 0 Å². The van der Waals surface area contributed by atoms with Crippen molar-refractivity contribution in [2.75, 3.05) is 35.7 Å². The van der Waals surface area contributed by atoms with Gasteiger partial charge in [0.05, 0.1) is 12.7 Å². The van der Waals surface area contributed by atoms with Gasteiger partial charge in [-0.3, -0.25) is 4.79 Å². The van der Waals surface area contributed by atoms with E-state index in [9.17, 15) is 4.79 Å². The average molecular weight is 391 g/mol. The molecule has 1 aromatic heterocycles. The minimum absolute atomic E-state index is 0.284. The lowest BCUT2D eigenvalue weighted by Gasteiger charge is -2.21. The molecule has 1 heterocycles. The lowest BCUT2D eigenvalue weighted by atomic mass is 10.2. The van der Waals surface area contributed by atoms with E-state index in [2.05, 4.69) is 51.5 Å². The molecule has 0 bridgehead atoms. The minimum Gasteiger partial charge on any atom is -0.497 e. The Morgan fingerprint density at radius 2 is 1.69 bits per heavy atom. The maximum Gasteiger partial charge on any atom is 0.258 e. The van der Waals surface area contributed by atoms with Crippen LogP contribution in [-0.4, -0.2) is 36.1 Å². The molecule has 7 heteroatoms. The number of anilines is 4. The summed E-state index contributed by atoms with van der Waals surface area (Å²) in [6, 6.07) is 15.3. The number of hydrogen-bond acceptors (Lipinski definition) is 6. The summed E-state index contributed by atoms with van der Waals surface area (Å²) in [4.78, 5) is 23.1. The van der Waals surface area contributed by atoms with Gasteiger partial charge in [0, 0.05) is 48.6 Å². The van der Waals surface area contributed by atoms with Crippen molar-refractivity contribution >= 4 is 28.9 Å². The van der Waals surface area contributed by atoms with Crippen molar-refractivity contribution in [2.45, 2.75) is 13.8 Å². The molecule has 1 amide bonds. The van der Waals surface area contributed by atoms with Crippen molar-refractivity contribution in [3.05, 3.63) is 66.5 Å². The molecule has 0 fully saturated rings. The molecule has 0 aliphatic rings. The first-order chi connectivity index (χ1) is 14.1. The zero-order chi connectivity index (χ0) is 20.6. The van der Waals surface area contributed by atoms with Gasteiger partial charge in [0.15, 0.2) is 0 Å². The molecule has 29 heavy (non-hydrogen) atoms. The van der Waals surface area contributed by atoms with E-state index in [0.29, 0.717) is 22.9 Å². The number of nitrogens with one attached hydrogen (secondary N) is 2. The molecule has 0 spiro atoms. The third-order valence-corrected chi connectivity index (χ3v) is 4.49. The Balaban J connectivity index is 1.63. The largest absolute Gasteiger partial charge is 0.497 e. The third kappa shape index (κ3) is 5.22. The molecule has 0 aliphatic carbocycles. The quantitative estimate of drug-likeness (QED) is 0.595. The monoisotopic (exact) mass is 391 g/mol. The number of rotatable bonds is 8. The van der Waals surface area contributed by atoms with E-state index in [0.717, 1.165) is 18.8 Å². The molecular formula is C22H25N5O2. The first-order valence-corrected chi connectivity index (χ1v) is 9.52. The van der Waals surface area contributed by atoms with Crippen LogP contribution in [0.5, 0.6) is 5.75 Å². The van der Waals surface area contributed by atoms with E-state index in [-0.39, 0.29) is 5.91 Å². The number of methoxy groups -OCH3 is 1. The number of amides is 1. The van der Waals surface area contributed by atoms with Crippen LogP contribution < -0.4 is 20.3 Å². The molecule has 0 saturated heterocycles. The van der Waals surface area contributed by atoms with Crippen LogP contribution in [0.15, 0.2) is 60.9 Å². The van der Waals surface area contributed by atoms with E-state index >= 15 is 0 Å². The molecule has 0 saturated carbocycles. The maximum atomic E-state index is 12.4. The van der Waals surface area contributed by atoms with Gasteiger partial charge in [0.1, 0.15) is 5.75 Å². The van der Waals surface area contributed by atoms with Crippen LogP contribution in [0.3, 0.4) is 0 Å². The van der Waals surface area contributed by atoms with Crippen LogP contribution >= 0.6 is 0 Å². The number of carbonyl (C=O) groups is 1. The van der Waals surface area contributed by atoms with Gasteiger partial charge in [-0.15, -0.1) is 0 Å². The summed E-state index contributed by atoms with van der Waals surface area (Å²) in [6.07, 6.45) is 2.99. The molecule has 2 aromatic carbocycles. The summed E-state index contributed by atoms with van der Waals surface area (Å²) in [5.74, 6) is 0.817. The Morgan fingerprint density at radius 3 is 2.31 bits per heavy atom. The number of benzene rings is 2. The van der Waals surface area contributed by atoms with Gasteiger partial charge in [-0.05, 0) is 50.2 Å². The first kappa shape index (κ1) is 20.1. The minimum atomic E-state index is -0.284. The summed E-state index contributed by atoms with van der Waals surface area (Å²) in [5.41, 5.74) is 3.07. The molecule has 0 radical (unpaired) electrons. The van der Waals surface area contributed by atoms with E-state index in [1.54, 1.807) is 19.2 Å². The van der Waals surface area contributed by atoms with Gasteiger partial charge >= 0.3 is 0 Å². The number of carbonyl (C=O) groups excluding carboxylic acids is 1. The van der Waals surface area contributed by atoms with Gasteiger partial charge in [-0.1, -0.05) is 6.07 Å². The van der Waals surface area contributed by atoms with E-state index in [1.807, 2.05) is 24.3 Å². The maximum absolute atomic E-state index is 12.4. The van der Waals surface area contributed by atoms with Crippen LogP contribution in [0.2, 0.25) is 0 Å². The SMILES string of the molecule is CCN(CC)c1ccc(Nc2ncc(C(=O)Nc3cccc(OC)c3)cn2)cc1. The fraction of sp³-hybridized carbons (Fsp3) is 0.227. The lowest BCUT2D eigenvalue weighted by molar-refractivity contribution is 0.102. The van der Waals surface area contributed by atoms with Crippen molar-refractivity contribution < 1.29 is 9.53 Å². The topological polar surface area (TPSA) is 79.4 Å². The zero-order valence-corrected chi connectivity index (χ0v) is 16.8. The Hall–Kier alpha value is -3.61. The fourth-order valence-corrected chi connectivity index (χ4v) is 2.89. The van der Waals surface area contributed by atoms with E-state index in [4.69, 9.17) is 4.74 Å². The molecule has 150 valence electrons. The van der Waals surface area contributed by atoms with Crippen LogP contribution in [0.1, 0.15) is 24.2 Å². The van der Waals surface area contributed by atoms with Crippen molar-refractivity contribution in [3.63, 3.8) is 0 Å². The van der Waals surface area contributed by atoms with Crippen LogP contribution in [-0.2, 0) is 0 Å². The van der Waals surface area contributed by atoms with E-state index < -0.39 is 0 Å². The lowest BCUT2D eigenvalue weighted by Crippen LogP contribution is -2.21. The normalized spacial score (nSPS) is 10.3. The summed E-state index contributed by atoms with van der Waals surface area (Å²) >= 11 is 0. The van der Waals surface area contributed by atoms with Crippen molar-refractivity contribution in [1.82, 2.24) is 9.97 Å². The Kier molecular flexibility index (Phi) is 6.63. The highest BCUT2D eigenvalue weighted by Gasteiger charge is 2.09. The highest BCUT2D eigenvalue weighted by molar-refractivity contribution is 6.04. The van der Waals surface area contributed by atoms with Gasteiger partial charge in [-0.2, -0.15) is 0 Å². The predicted octanol–water partition coefficient (Wildman–Crippen LogP) is 4.33. The molecule has 2 N–H and O–H groups in total. The number of nitrogens with zero attached hydrogens (tertiary/aromatic N) is 3. The Morgan fingerprint density at radius 1 is 1.00 bits per heavy atom. The smallest absolute Gasteiger partial charge is 0.258 e. The second-order valence-electron chi connectivity index (χ2n) is 6.33. The van der Waals surface area contributed by atoms with Gasteiger partial charge in [0.25, 0.3) is 5.91 Å². The van der Waals surface area contributed by atoms with Gasteiger partial charge in [0.2, 0.25) is 5.95 Å². The zero-order valence-electron chi connectivity index (χ0n) is 16.8. The summed E-state index contributed by atoms with van der Waals surface area (Å²) < 4.78 is 5.16. The molecule has 3 rings (SSSR count). The highest BCUT2D eigenvalue weighted by Crippen LogP contribution is 2.20. The molecule has 7 nitrogen and oxygen atoms in total. The summed E-state index contributed by atoms with van der Waals surface area (Å²) in [5, 5.41) is 5.95. The van der Waals surface area contributed by atoms with Gasteiger partial charge in [-0.25, -0.2) is 9.97 Å². The number of hydrogen-bond donors (Lipinski definition) is 2. The van der Waals surface area contributed by atoms with Crippen LogP contribution in [0, 0.1) is 0 Å². The predicted molar refractivity (Wildman–Crippen MR) is 116 cm³/mol. The molecular weight excluding hydrogens is 366 g/mol. The summed E-state index contributed by atoms with van der Waals surface area (Å²) in [6.45, 7) is 6.20. The summed E-state index contributed by atoms with van der Waals surface area (Å²) in [7, 11) is 1.58.